The van der Waals surface area contributed by atoms with Gasteiger partial charge in [-0.05, 0) is 36.4 Å². The Labute approximate surface area is 169 Å². The summed E-state index contributed by atoms with van der Waals surface area (Å²) in [6, 6.07) is 9.75. The van der Waals surface area contributed by atoms with Crippen molar-refractivity contribution < 1.29 is 37.5 Å². The van der Waals surface area contributed by atoms with Crippen molar-refractivity contribution in [3.05, 3.63) is 65.2 Å². The molecule has 1 aliphatic rings. The summed E-state index contributed by atoms with van der Waals surface area (Å²) in [6.45, 7) is -0.287. The van der Waals surface area contributed by atoms with Gasteiger partial charge in [-0.1, -0.05) is 17.2 Å². The van der Waals surface area contributed by atoms with Crippen molar-refractivity contribution in [3.63, 3.8) is 0 Å². The van der Waals surface area contributed by atoms with Crippen molar-refractivity contribution in [1.82, 2.24) is 9.96 Å². The second kappa shape index (κ2) is 7.90. The van der Waals surface area contributed by atoms with Gasteiger partial charge in [0.15, 0.2) is 6.61 Å². The van der Waals surface area contributed by atoms with Crippen molar-refractivity contribution in [3.8, 4) is 5.75 Å². The third-order valence-corrected chi connectivity index (χ3v) is 4.27. The maximum absolute atomic E-state index is 14.5. The summed E-state index contributed by atoms with van der Waals surface area (Å²) in [7, 11) is 3.07. The standard InChI is InChI=1S/C20H16F2N2O6/c1-23(2)16(25)11-29-13-9-7-12(8-10-13)20(21,22)19(28)30-24-17(26)14-5-3-4-6-15(14)18(24)27/h3-10H,11H2,1-2H3. The SMILES string of the molecule is CN(C)C(=O)COc1ccc(C(F)(F)C(=O)ON2C(=O)c3ccccc3C2=O)cc1. The molecule has 0 atom stereocenters. The Morgan fingerprint density at radius 2 is 1.50 bits per heavy atom. The molecule has 0 N–H and O–H groups in total. The zero-order valence-corrected chi connectivity index (χ0v) is 15.9. The summed E-state index contributed by atoms with van der Waals surface area (Å²) in [5, 5.41) is 0.0191. The van der Waals surface area contributed by atoms with Gasteiger partial charge >= 0.3 is 11.9 Å². The molecule has 0 saturated heterocycles. The highest BCUT2D eigenvalue weighted by atomic mass is 19.3. The van der Waals surface area contributed by atoms with E-state index in [0.717, 1.165) is 24.3 Å². The highest BCUT2D eigenvalue weighted by molar-refractivity contribution is 6.20. The molecule has 0 saturated carbocycles. The van der Waals surface area contributed by atoms with E-state index in [1.807, 2.05) is 0 Å². The number of hydrogen-bond acceptors (Lipinski definition) is 6. The van der Waals surface area contributed by atoms with Crippen molar-refractivity contribution in [2.75, 3.05) is 20.7 Å². The first kappa shape index (κ1) is 20.9. The minimum Gasteiger partial charge on any atom is -0.484 e. The molecule has 8 nitrogen and oxygen atoms in total. The molecule has 30 heavy (non-hydrogen) atoms. The van der Waals surface area contributed by atoms with E-state index in [4.69, 9.17) is 4.74 Å². The van der Waals surface area contributed by atoms with Gasteiger partial charge in [0.1, 0.15) is 5.75 Å². The first-order valence-corrected chi connectivity index (χ1v) is 8.64. The Balaban J connectivity index is 1.69. The molecule has 1 heterocycles. The minimum absolute atomic E-state index is 0.0191. The number of fused-ring (bicyclic) bond motifs is 1. The molecular formula is C20H16F2N2O6. The van der Waals surface area contributed by atoms with Crippen LogP contribution in [0.25, 0.3) is 0 Å². The van der Waals surface area contributed by atoms with E-state index in [9.17, 15) is 28.0 Å². The zero-order chi connectivity index (χ0) is 22.1. The predicted molar refractivity (Wildman–Crippen MR) is 97.6 cm³/mol. The van der Waals surface area contributed by atoms with E-state index >= 15 is 0 Å². The molecule has 0 radical (unpaired) electrons. The summed E-state index contributed by atoms with van der Waals surface area (Å²) in [5.41, 5.74) is -0.838. The molecule has 10 heteroatoms. The van der Waals surface area contributed by atoms with Crippen molar-refractivity contribution in [1.29, 1.82) is 0 Å². The smallest absolute Gasteiger partial charge is 0.407 e. The number of hydrogen-bond donors (Lipinski definition) is 0. The van der Waals surface area contributed by atoms with Crippen LogP contribution in [0.1, 0.15) is 26.3 Å². The van der Waals surface area contributed by atoms with E-state index in [0.29, 0.717) is 0 Å². The lowest BCUT2D eigenvalue weighted by molar-refractivity contribution is -0.198. The number of amides is 3. The minimum atomic E-state index is -4.15. The number of hydroxylamine groups is 2. The van der Waals surface area contributed by atoms with Crippen LogP contribution in [0.2, 0.25) is 0 Å². The lowest BCUT2D eigenvalue weighted by atomic mass is 10.1. The van der Waals surface area contributed by atoms with Gasteiger partial charge in [-0.2, -0.15) is 8.78 Å². The molecule has 0 fully saturated rings. The zero-order valence-electron chi connectivity index (χ0n) is 15.9. The Hall–Kier alpha value is -3.82. The topological polar surface area (TPSA) is 93.2 Å². The average Bonchev–Trinajstić information content (AvgIpc) is 2.97. The van der Waals surface area contributed by atoms with Gasteiger partial charge in [0.25, 0.3) is 17.7 Å². The lowest BCUT2D eigenvalue weighted by Gasteiger charge is -2.19. The highest BCUT2D eigenvalue weighted by Crippen LogP contribution is 2.32. The molecule has 0 aliphatic carbocycles. The van der Waals surface area contributed by atoms with Gasteiger partial charge in [-0.25, -0.2) is 4.79 Å². The molecule has 0 spiro atoms. The fourth-order valence-corrected chi connectivity index (χ4v) is 2.54. The van der Waals surface area contributed by atoms with E-state index in [1.54, 1.807) is 0 Å². The van der Waals surface area contributed by atoms with Gasteiger partial charge in [-0.3, -0.25) is 14.4 Å². The average molecular weight is 418 g/mol. The normalized spacial score (nSPS) is 13.1. The molecular weight excluding hydrogens is 402 g/mol. The van der Waals surface area contributed by atoms with E-state index in [2.05, 4.69) is 4.84 Å². The molecule has 0 bridgehead atoms. The van der Waals surface area contributed by atoms with Crippen molar-refractivity contribution >= 4 is 23.7 Å². The summed E-state index contributed by atoms with van der Waals surface area (Å²) in [6.07, 6.45) is 0. The summed E-state index contributed by atoms with van der Waals surface area (Å²) in [4.78, 5) is 53.6. The Morgan fingerprint density at radius 3 is 2.00 bits per heavy atom. The van der Waals surface area contributed by atoms with Crippen LogP contribution in [-0.4, -0.2) is 54.4 Å². The summed E-state index contributed by atoms with van der Waals surface area (Å²) in [5.74, 6) is -8.43. The number of imide groups is 1. The summed E-state index contributed by atoms with van der Waals surface area (Å²) < 4.78 is 34.2. The molecule has 1 aliphatic heterocycles. The van der Waals surface area contributed by atoms with Gasteiger partial charge in [0.05, 0.1) is 11.1 Å². The third kappa shape index (κ3) is 3.84. The number of rotatable bonds is 6. The van der Waals surface area contributed by atoms with Crippen molar-refractivity contribution in [2.24, 2.45) is 0 Å². The van der Waals surface area contributed by atoms with Gasteiger partial charge in [0.2, 0.25) is 0 Å². The molecule has 2 aromatic carbocycles. The Morgan fingerprint density at radius 1 is 0.967 bits per heavy atom. The Bertz CT molecular complexity index is 985. The van der Waals surface area contributed by atoms with Gasteiger partial charge in [-0.15, -0.1) is 0 Å². The number of benzene rings is 2. The van der Waals surface area contributed by atoms with E-state index in [1.165, 1.54) is 43.3 Å². The van der Waals surface area contributed by atoms with E-state index < -0.39 is 29.3 Å². The number of likely N-dealkylation sites (N-methyl/N-ethyl adjacent to an activating group) is 1. The van der Waals surface area contributed by atoms with Crippen LogP contribution in [0.4, 0.5) is 8.78 Å². The highest BCUT2D eigenvalue weighted by Gasteiger charge is 2.48. The second-order valence-electron chi connectivity index (χ2n) is 6.50. The van der Waals surface area contributed by atoms with Crippen LogP contribution in [0, 0.1) is 0 Å². The maximum Gasteiger partial charge on any atom is 0.407 e. The van der Waals surface area contributed by atoms with Gasteiger partial charge in [0, 0.05) is 19.7 Å². The van der Waals surface area contributed by atoms with Gasteiger partial charge < -0.3 is 14.5 Å². The number of ether oxygens (including phenoxy) is 1. The summed E-state index contributed by atoms with van der Waals surface area (Å²) >= 11 is 0. The quantitative estimate of drug-likeness (QED) is 0.667. The molecule has 3 rings (SSSR count). The third-order valence-electron chi connectivity index (χ3n) is 4.27. The number of alkyl halides is 2. The van der Waals surface area contributed by atoms with Crippen LogP contribution in [-0.2, 0) is 20.3 Å². The number of carbonyl (C=O) groups excluding carboxylic acids is 4. The first-order valence-electron chi connectivity index (χ1n) is 8.64. The van der Waals surface area contributed by atoms with Crippen LogP contribution >= 0.6 is 0 Å². The van der Waals surface area contributed by atoms with Crippen LogP contribution in [0.15, 0.2) is 48.5 Å². The largest absolute Gasteiger partial charge is 0.484 e. The second-order valence-corrected chi connectivity index (χ2v) is 6.50. The molecule has 3 amide bonds. The van der Waals surface area contributed by atoms with Crippen molar-refractivity contribution in [2.45, 2.75) is 5.92 Å². The van der Waals surface area contributed by atoms with Crippen LogP contribution in [0.5, 0.6) is 5.75 Å². The predicted octanol–water partition coefficient (Wildman–Crippen LogP) is 2.00. The molecule has 0 unspecified atom stereocenters. The number of nitrogens with zero attached hydrogens (tertiary/aromatic N) is 2. The molecule has 2 aromatic rings. The first-order chi connectivity index (χ1) is 14.1. The lowest BCUT2D eigenvalue weighted by Crippen LogP contribution is -2.38. The number of carbonyl (C=O) groups is 4. The fraction of sp³-hybridized carbons (Fsp3) is 0.200. The monoisotopic (exact) mass is 418 g/mol. The molecule has 0 aromatic heterocycles. The fourth-order valence-electron chi connectivity index (χ4n) is 2.54. The van der Waals surface area contributed by atoms with Crippen LogP contribution in [0.3, 0.4) is 0 Å². The Kier molecular flexibility index (Phi) is 5.50. The number of halogens is 2. The molecule has 156 valence electrons. The maximum atomic E-state index is 14.5. The van der Waals surface area contributed by atoms with Crippen LogP contribution < -0.4 is 4.74 Å². The van der Waals surface area contributed by atoms with E-state index in [-0.39, 0.29) is 34.5 Å².